The van der Waals surface area contributed by atoms with Crippen LogP contribution in [0.15, 0.2) is 35.2 Å². The lowest BCUT2D eigenvalue weighted by Crippen LogP contribution is -2.17. The summed E-state index contributed by atoms with van der Waals surface area (Å²) in [6, 6.07) is 8.61. The summed E-state index contributed by atoms with van der Waals surface area (Å²) in [4.78, 5) is 0.393. The summed E-state index contributed by atoms with van der Waals surface area (Å²) in [6.07, 6.45) is 1.88. The fourth-order valence-electron chi connectivity index (χ4n) is 1.58. The molecule has 0 radical (unpaired) electrons. The van der Waals surface area contributed by atoms with Crippen LogP contribution in [0.5, 0.6) is 0 Å². The van der Waals surface area contributed by atoms with Gasteiger partial charge in [0.05, 0.1) is 4.90 Å². The maximum atomic E-state index is 12.1. The van der Waals surface area contributed by atoms with Crippen LogP contribution in [0, 0.1) is 0 Å². The molecule has 0 amide bonds. The molecule has 4 heteroatoms. The van der Waals surface area contributed by atoms with Crippen LogP contribution in [0.4, 0.5) is 0 Å². The molecule has 0 heterocycles. The van der Waals surface area contributed by atoms with Gasteiger partial charge in [-0.25, -0.2) is 8.42 Å². The maximum absolute atomic E-state index is 12.1. The predicted molar refractivity (Wildman–Crippen MR) is 70.2 cm³/mol. The Kier molecular flexibility index (Phi) is 4.44. The molecule has 0 aliphatic rings. The highest BCUT2D eigenvalue weighted by Crippen LogP contribution is 2.37. The molecule has 0 aliphatic heterocycles. The van der Waals surface area contributed by atoms with E-state index in [1.54, 1.807) is 24.3 Å². The van der Waals surface area contributed by atoms with Crippen LogP contribution in [-0.2, 0) is 8.87 Å². The topological polar surface area (TPSA) is 34.1 Å². The van der Waals surface area contributed by atoms with Gasteiger partial charge >= 0.3 is 0 Å². The normalized spacial score (nSPS) is 12.7. The number of benzene rings is 1. The van der Waals surface area contributed by atoms with E-state index >= 15 is 0 Å². The van der Waals surface area contributed by atoms with Gasteiger partial charge in [-0.2, -0.15) is 0 Å². The van der Waals surface area contributed by atoms with Crippen LogP contribution in [0.25, 0.3) is 0 Å². The molecular weight excluding hydrogens is 240 g/mol. The molecule has 0 saturated heterocycles. The molecule has 0 aliphatic carbocycles. The lowest BCUT2D eigenvalue weighted by atomic mass is 10.1. The molecule has 90 valence electrons. The fourth-order valence-corrected chi connectivity index (χ4v) is 5.70. The summed E-state index contributed by atoms with van der Waals surface area (Å²) in [6.45, 7) is 6.01. The predicted octanol–water partition coefficient (Wildman–Crippen LogP) is 3.69. The molecule has 0 N–H and O–H groups in total. The van der Waals surface area contributed by atoms with Crippen molar-refractivity contribution in [1.29, 1.82) is 0 Å². The van der Waals surface area contributed by atoms with Crippen molar-refractivity contribution in [2.24, 2.45) is 0 Å². The van der Waals surface area contributed by atoms with E-state index < -0.39 is 8.87 Å². The van der Waals surface area contributed by atoms with Crippen LogP contribution >= 0.6 is 10.8 Å². The Balaban J connectivity index is 2.89. The third-order valence-electron chi connectivity index (χ3n) is 2.22. The summed E-state index contributed by atoms with van der Waals surface area (Å²) in [7, 11) is -2.17. The first-order chi connectivity index (χ1) is 7.37. The van der Waals surface area contributed by atoms with Gasteiger partial charge in [0.2, 0.25) is 8.87 Å². The monoisotopic (exact) mass is 258 g/mol. The van der Waals surface area contributed by atoms with E-state index in [0.717, 1.165) is 23.6 Å². The molecule has 0 atom stereocenters. The van der Waals surface area contributed by atoms with Gasteiger partial charge < -0.3 is 0 Å². The molecule has 1 rings (SSSR count). The Morgan fingerprint density at radius 1 is 1.19 bits per heavy atom. The van der Waals surface area contributed by atoms with Crippen LogP contribution < -0.4 is 0 Å². The minimum absolute atomic E-state index is 0.233. The first kappa shape index (κ1) is 13.6. The highest BCUT2D eigenvalue weighted by Gasteiger charge is 2.27. The van der Waals surface area contributed by atoms with Crippen molar-refractivity contribution >= 4 is 19.7 Å². The standard InChI is InChI=1S/C12H18O2S2/c1-4-10-12(2,3)15-16(13,14)11-8-6-5-7-9-11/h5-9H,4,10H2,1-3H3. The van der Waals surface area contributed by atoms with E-state index in [9.17, 15) is 8.42 Å². The summed E-state index contributed by atoms with van der Waals surface area (Å²) >= 11 is 0. The van der Waals surface area contributed by atoms with Gasteiger partial charge in [0.15, 0.2) is 0 Å². The van der Waals surface area contributed by atoms with Gasteiger partial charge in [-0.3, -0.25) is 0 Å². The van der Waals surface area contributed by atoms with Crippen molar-refractivity contribution in [3.8, 4) is 0 Å². The van der Waals surface area contributed by atoms with E-state index in [1.807, 2.05) is 19.9 Å². The summed E-state index contributed by atoms with van der Waals surface area (Å²) in [5.74, 6) is 0. The van der Waals surface area contributed by atoms with E-state index in [2.05, 4.69) is 6.92 Å². The first-order valence-electron chi connectivity index (χ1n) is 5.38. The minimum Gasteiger partial charge on any atom is -0.212 e. The Labute approximate surface area is 102 Å². The maximum Gasteiger partial charge on any atom is 0.230 e. The number of hydrogen-bond donors (Lipinski definition) is 0. The summed E-state index contributed by atoms with van der Waals surface area (Å²) < 4.78 is 23.9. The van der Waals surface area contributed by atoms with Crippen LogP contribution in [-0.4, -0.2) is 13.2 Å². The Morgan fingerprint density at radius 2 is 1.75 bits per heavy atom. The molecule has 2 nitrogen and oxygen atoms in total. The highest BCUT2D eigenvalue weighted by molar-refractivity contribution is 8.72. The molecule has 16 heavy (non-hydrogen) atoms. The minimum atomic E-state index is -3.22. The van der Waals surface area contributed by atoms with Gasteiger partial charge in [-0.05, 0) is 43.2 Å². The third-order valence-corrected chi connectivity index (χ3v) is 6.53. The van der Waals surface area contributed by atoms with Crippen molar-refractivity contribution in [3.63, 3.8) is 0 Å². The zero-order valence-electron chi connectivity index (χ0n) is 9.93. The zero-order chi connectivity index (χ0) is 12.2. The van der Waals surface area contributed by atoms with Crippen molar-refractivity contribution in [3.05, 3.63) is 30.3 Å². The van der Waals surface area contributed by atoms with Crippen LogP contribution in [0.1, 0.15) is 33.6 Å². The molecule has 1 aromatic rings. The van der Waals surface area contributed by atoms with Gasteiger partial charge in [0.25, 0.3) is 0 Å². The second kappa shape index (κ2) is 5.23. The molecule has 0 fully saturated rings. The summed E-state index contributed by atoms with van der Waals surface area (Å²) in [5, 5.41) is 0. The lowest BCUT2D eigenvalue weighted by Gasteiger charge is -2.22. The Morgan fingerprint density at radius 3 is 2.25 bits per heavy atom. The van der Waals surface area contributed by atoms with Crippen LogP contribution in [0.2, 0.25) is 0 Å². The van der Waals surface area contributed by atoms with E-state index in [-0.39, 0.29) is 4.75 Å². The lowest BCUT2D eigenvalue weighted by molar-refractivity contribution is 0.604. The third kappa shape index (κ3) is 3.83. The molecule has 0 aromatic heterocycles. The van der Waals surface area contributed by atoms with Gasteiger partial charge in [-0.15, -0.1) is 0 Å². The number of hydrogen-bond acceptors (Lipinski definition) is 3. The van der Waals surface area contributed by atoms with Crippen molar-refractivity contribution < 1.29 is 8.42 Å². The van der Waals surface area contributed by atoms with Gasteiger partial charge in [-0.1, -0.05) is 31.5 Å². The molecule has 0 unspecified atom stereocenters. The molecular formula is C12H18O2S2. The second-order valence-corrected chi connectivity index (χ2v) is 8.83. The first-order valence-corrected chi connectivity index (χ1v) is 8.20. The van der Waals surface area contributed by atoms with Crippen LogP contribution in [0.3, 0.4) is 0 Å². The molecule has 0 saturated carbocycles. The second-order valence-electron chi connectivity index (χ2n) is 4.36. The van der Waals surface area contributed by atoms with Gasteiger partial charge in [0.1, 0.15) is 0 Å². The highest BCUT2D eigenvalue weighted by atomic mass is 33.1. The zero-order valence-corrected chi connectivity index (χ0v) is 11.6. The smallest absolute Gasteiger partial charge is 0.212 e. The fraction of sp³-hybridized carbons (Fsp3) is 0.500. The van der Waals surface area contributed by atoms with Crippen molar-refractivity contribution in [2.75, 3.05) is 0 Å². The molecule has 1 aromatic carbocycles. The van der Waals surface area contributed by atoms with Crippen molar-refractivity contribution in [2.45, 2.75) is 43.3 Å². The Hall–Kier alpha value is -0.480. The van der Waals surface area contributed by atoms with Gasteiger partial charge in [0, 0.05) is 4.75 Å². The SMILES string of the molecule is CCCC(C)(C)SS(=O)(=O)c1ccccc1. The summed E-state index contributed by atoms with van der Waals surface area (Å²) in [5.41, 5.74) is 0. The van der Waals surface area contributed by atoms with E-state index in [0.29, 0.717) is 4.90 Å². The van der Waals surface area contributed by atoms with E-state index in [4.69, 9.17) is 0 Å². The molecule has 0 spiro atoms. The number of rotatable bonds is 5. The average molecular weight is 258 g/mol. The largest absolute Gasteiger partial charge is 0.230 e. The molecule has 0 bridgehead atoms. The quantitative estimate of drug-likeness (QED) is 0.755. The van der Waals surface area contributed by atoms with E-state index in [1.165, 1.54) is 0 Å². The Bertz CT molecular complexity index is 422. The average Bonchev–Trinajstić information content (AvgIpc) is 2.17. The van der Waals surface area contributed by atoms with Crippen molar-refractivity contribution in [1.82, 2.24) is 0 Å².